The van der Waals surface area contributed by atoms with E-state index in [1.54, 1.807) is 18.2 Å². The Morgan fingerprint density at radius 3 is 2.72 bits per heavy atom. The molecule has 25 heavy (non-hydrogen) atoms. The molecule has 0 aliphatic carbocycles. The zero-order valence-corrected chi connectivity index (χ0v) is 14.7. The molecule has 0 aliphatic heterocycles. The molecular weight excluding hydrogens is 322 g/mol. The molecule has 0 fully saturated rings. The van der Waals surface area contributed by atoms with E-state index in [2.05, 4.69) is 10.4 Å². The van der Waals surface area contributed by atoms with Crippen LogP contribution in [0.1, 0.15) is 28.9 Å². The van der Waals surface area contributed by atoms with Gasteiger partial charge in [0.05, 0.1) is 5.69 Å². The van der Waals surface area contributed by atoms with Gasteiger partial charge in [-0.15, -0.1) is 0 Å². The summed E-state index contributed by atoms with van der Waals surface area (Å²) in [5.41, 5.74) is 4.00. The van der Waals surface area contributed by atoms with Crippen LogP contribution < -0.4 is 10.1 Å². The molecule has 1 aromatic heterocycles. The maximum Gasteiger partial charge on any atom is 0.341 e. The molecule has 0 atom stereocenters. The average Bonchev–Trinajstić information content (AvgIpc) is 2.82. The third kappa shape index (κ3) is 5.34. The van der Waals surface area contributed by atoms with Crippen LogP contribution >= 0.6 is 0 Å². The van der Waals surface area contributed by atoms with Crippen LogP contribution in [0.3, 0.4) is 0 Å². The van der Waals surface area contributed by atoms with Gasteiger partial charge in [0.25, 0.3) is 0 Å². The number of rotatable bonds is 8. The minimum Gasteiger partial charge on any atom is -0.482 e. The first-order chi connectivity index (χ1) is 11.9. The van der Waals surface area contributed by atoms with Gasteiger partial charge in [0, 0.05) is 25.7 Å². The van der Waals surface area contributed by atoms with Crippen LogP contribution in [0.4, 0.5) is 0 Å². The van der Waals surface area contributed by atoms with Crippen molar-refractivity contribution >= 4 is 11.9 Å². The molecular formula is C18H23N3O4. The maximum atomic E-state index is 12.1. The molecule has 1 heterocycles. The van der Waals surface area contributed by atoms with E-state index in [-0.39, 0.29) is 12.5 Å². The molecule has 0 spiro atoms. The molecule has 2 N–H and O–H groups in total. The molecule has 1 amide bonds. The molecule has 7 heteroatoms. The topological polar surface area (TPSA) is 93.5 Å². The number of hydrogen-bond acceptors (Lipinski definition) is 4. The molecule has 0 unspecified atom stereocenters. The second-order valence-corrected chi connectivity index (χ2v) is 5.88. The van der Waals surface area contributed by atoms with Crippen LogP contribution in [0.15, 0.2) is 24.3 Å². The second kappa shape index (κ2) is 8.32. The van der Waals surface area contributed by atoms with Crippen molar-refractivity contribution in [2.45, 2.75) is 33.2 Å². The normalized spacial score (nSPS) is 10.5. The van der Waals surface area contributed by atoms with Crippen LogP contribution in [0.2, 0.25) is 0 Å². The number of carboxylic acid groups (broad SMARTS) is 1. The van der Waals surface area contributed by atoms with E-state index < -0.39 is 5.97 Å². The van der Waals surface area contributed by atoms with E-state index >= 15 is 0 Å². The summed E-state index contributed by atoms with van der Waals surface area (Å²) >= 11 is 0. The monoisotopic (exact) mass is 345 g/mol. The summed E-state index contributed by atoms with van der Waals surface area (Å²) in [6, 6.07) is 7.02. The van der Waals surface area contributed by atoms with Gasteiger partial charge in [-0.05, 0) is 43.5 Å². The number of carboxylic acids is 1. The Hall–Kier alpha value is -2.83. The van der Waals surface area contributed by atoms with Crippen molar-refractivity contribution in [1.29, 1.82) is 0 Å². The van der Waals surface area contributed by atoms with E-state index in [4.69, 9.17) is 9.84 Å². The van der Waals surface area contributed by atoms with E-state index in [1.165, 1.54) is 0 Å². The van der Waals surface area contributed by atoms with Crippen molar-refractivity contribution < 1.29 is 19.4 Å². The molecule has 0 radical (unpaired) electrons. The summed E-state index contributed by atoms with van der Waals surface area (Å²) in [4.78, 5) is 22.6. The third-order valence-corrected chi connectivity index (χ3v) is 4.01. The molecule has 1 aromatic carbocycles. The van der Waals surface area contributed by atoms with Crippen LogP contribution in [-0.4, -0.2) is 33.4 Å². The Bertz CT molecular complexity index is 768. The van der Waals surface area contributed by atoms with Crippen molar-refractivity contribution in [2.75, 3.05) is 6.61 Å². The minimum atomic E-state index is -1.03. The summed E-state index contributed by atoms with van der Waals surface area (Å²) in [6.07, 6.45) is 1.04. The van der Waals surface area contributed by atoms with Gasteiger partial charge in [-0.25, -0.2) is 4.79 Å². The maximum absolute atomic E-state index is 12.1. The quantitative estimate of drug-likeness (QED) is 0.760. The first kappa shape index (κ1) is 18.5. The fraction of sp³-hybridized carbons (Fsp3) is 0.389. The molecule has 0 saturated carbocycles. The lowest BCUT2D eigenvalue weighted by Crippen LogP contribution is -2.23. The number of nitrogens with zero attached hydrogens (tertiary/aromatic N) is 2. The molecule has 134 valence electrons. The number of ether oxygens (including phenoxy) is 1. The minimum absolute atomic E-state index is 0.0421. The number of aryl methyl sites for hydroxylation is 2. The molecule has 0 aliphatic rings. The van der Waals surface area contributed by atoms with Gasteiger partial charge in [-0.2, -0.15) is 5.10 Å². The summed E-state index contributed by atoms with van der Waals surface area (Å²) in [5.74, 6) is -0.602. The van der Waals surface area contributed by atoms with Gasteiger partial charge in [-0.3, -0.25) is 9.48 Å². The van der Waals surface area contributed by atoms with Crippen molar-refractivity contribution in [2.24, 2.45) is 7.05 Å². The Balaban J connectivity index is 1.83. The fourth-order valence-corrected chi connectivity index (χ4v) is 2.60. The van der Waals surface area contributed by atoms with Gasteiger partial charge in [0.2, 0.25) is 5.91 Å². The van der Waals surface area contributed by atoms with Gasteiger partial charge in [0.15, 0.2) is 6.61 Å². The second-order valence-electron chi connectivity index (χ2n) is 5.88. The number of aromatic nitrogens is 2. The zero-order chi connectivity index (χ0) is 18.4. The Kier molecular flexibility index (Phi) is 6.16. The Morgan fingerprint density at radius 1 is 1.32 bits per heavy atom. The third-order valence-electron chi connectivity index (χ3n) is 4.01. The molecule has 0 saturated heterocycles. The molecule has 0 bridgehead atoms. The van der Waals surface area contributed by atoms with E-state index in [1.807, 2.05) is 31.6 Å². The number of nitrogens with one attached hydrogen (secondary N) is 1. The highest BCUT2D eigenvalue weighted by atomic mass is 16.5. The van der Waals surface area contributed by atoms with Crippen LogP contribution in [0.5, 0.6) is 5.75 Å². The van der Waals surface area contributed by atoms with Crippen molar-refractivity contribution in [3.63, 3.8) is 0 Å². The van der Waals surface area contributed by atoms with Crippen LogP contribution in [0.25, 0.3) is 0 Å². The lowest BCUT2D eigenvalue weighted by molar-refractivity contribution is -0.139. The number of amides is 1. The lowest BCUT2D eigenvalue weighted by atomic mass is 10.1. The first-order valence-corrected chi connectivity index (χ1v) is 8.06. The SMILES string of the molecule is Cc1nn(C)c(C)c1CCC(=O)NCc1cccc(OCC(=O)O)c1. The standard InChI is InChI=1S/C18H23N3O4/c1-12-16(13(2)21(3)20-12)7-8-17(22)19-10-14-5-4-6-15(9-14)25-11-18(23)24/h4-6,9H,7-8,10-11H2,1-3H3,(H,19,22)(H,23,24). The van der Waals surface area contributed by atoms with Gasteiger partial charge >= 0.3 is 5.97 Å². The largest absolute Gasteiger partial charge is 0.482 e. The molecule has 2 aromatic rings. The highest BCUT2D eigenvalue weighted by molar-refractivity contribution is 5.76. The van der Waals surface area contributed by atoms with Gasteiger partial charge in [0.1, 0.15) is 5.75 Å². The number of aliphatic carboxylic acids is 1. The Morgan fingerprint density at radius 2 is 2.08 bits per heavy atom. The zero-order valence-electron chi connectivity index (χ0n) is 14.7. The summed E-state index contributed by atoms with van der Waals surface area (Å²) in [7, 11) is 1.89. The summed E-state index contributed by atoms with van der Waals surface area (Å²) < 4.78 is 6.95. The van der Waals surface area contributed by atoms with E-state index in [9.17, 15) is 9.59 Å². The predicted octanol–water partition coefficient (Wildman–Crippen LogP) is 1.75. The average molecular weight is 345 g/mol. The van der Waals surface area contributed by atoms with Crippen LogP contribution in [-0.2, 0) is 29.6 Å². The Labute approximate surface area is 146 Å². The fourth-order valence-electron chi connectivity index (χ4n) is 2.60. The number of benzene rings is 1. The predicted molar refractivity (Wildman–Crippen MR) is 92.4 cm³/mol. The highest BCUT2D eigenvalue weighted by Crippen LogP contribution is 2.15. The number of carbonyl (C=O) groups is 2. The smallest absolute Gasteiger partial charge is 0.341 e. The molecule has 7 nitrogen and oxygen atoms in total. The van der Waals surface area contributed by atoms with Gasteiger partial charge < -0.3 is 15.2 Å². The number of hydrogen-bond donors (Lipinski definition) is 2. The van der Waals surface area contributed by atoms with Crippen molar-refractivity contribution in [3.8, 4) is 5.75 Å². The van der Waals surface area contributed by atoms with E-state index in [0.717, 1.165) is 22.5 Å². The van der Waals surface area contributed by atoms with Gasteiger partial charge in [-0.1, -0.05) is 12.1 Å². The van der Waals surface area contributed by atoms with Crippen molar-refractivity contribution in [3.05, 3.63) is 46.8 Å². The summed E-state index contributed by atoms with van der Waals surface area (Å²) in [5, 5.41) is 15.8. The lowest BCUT2D eigenvalue weighted by Gasteiger charge is -2.08. The first-order valence-electron chi connectivity index (χ1n) is 8.06. The summed E-state index contributed by atoms with van der Waals surface area (Å²) in [6.45, 7) is 3.92. The number of carbonyl (C=O) groups excluding carboxylic acids is 1. The molecule has 2 rings (SSSR count). The highest BCUT2D eigenvalue weighted by Gasteiger charge is 2.11. The van der Waals surface area contributed by atoms with E-state index in [0.29, 0.717) is 25.1 Å². The van der Waals surface area contributed by atoms with Crippen molar-refractivity contribution in [1.82, 2.24) is 15.1 Å². The van der Waals surface area contributed by atoms with Crippen LogP contribution in [0, 0.1) is 13.8 Å².